The van der Waals surface area contributed by atoms with Crippen LogP contribution in [-0.4, -0.2) is 30.3 Å². The van der Waals surface area contributed by atoms with E-state index in [0.29, 0.717) is 6.42 Å². The van der Waals surface area contributed by atoms with E-state index in [2.05, 4.69) is 4.90 Å². The first-order valence-electron chi connectivity index (χ1n) is 7.18. The monoisotopic (exact) mass is 279 g/mol. The first-order chi connectivity index (χ1) is 9.16. The summed E-state index contributed by atoms with van der Waals surface area (Å²) in [5, 5.41) is 0.726. The van der Waals surface area contributed by atoms with Crippen LogP contribution in [0.4, 0.5) is 0 Å². The molecule has 0 unspecified atom stereocenters. The molecule has 2 nitrogen and oxygen atoms in total. The summed E-state index contributed by atoms with van der Waals surface area (Å²) in [7, 11) is 0. The molecular weight excluding hydrogens is 258 g/mol. The maximum Gasteiger partial charge on any atom is 0.164 e. The lowest BCUT2D eigenvalue weighted by Crippen LogP contribution is -2.27. The Labute approximate surface area is 120 Å². The van der Waals surface area contributed by atoms with Gasteiger partial charge in [-0.15, -0.1) is 0 Å². The maximum atomic E-state index is 12.2. The van der Waals surface area contributed by atoms with Gasteiger partial charge in [0.1, 0.15) is 0 Å². The number of carbonyl (C=O) groups is 1. The lowest BCUT2D eigenvalue weighted by molar-refractivity contribution is 0.0965. The highest BCUT2D eigenvalue weighted by atomic mass is 35.5. The summed E-state index contributed by atoms with van der Waals surface area (Å²) in [5.74, 6) is 0.226. The van der Waals surface area contributed by atoms with Crippen LogP contribution in [0.15, 0.2) is 18.2 Å². The first kappa shape index (κ1) is 14.5. The third-order valence-corrected chi connectivity index (χ3v) is 4.26. The molecule has 1 aromatic rings. The smallest absolute Gasteiger partial charge is 0.164 e. The number of halogens is 1. The van der Waals surface area contributed by atoms with Gasteiger partial charge in [-0.25, -0.2) is 0 Å². The van der Waals surface area contributed by atoms with Crippen LogP contribution in [0.2, 0.25) is 5.02 Å². The van der Waals surface area contributed by atoms with Crippen molar-refractivity contribution < 1.29 is 4.79 Å². The van der Waals surface area contributed by atoms with Crippen molar-refractivity contribution in [3.8, 4) is 0 Å². The molecule has 0 saturated carbocycles. The quantitative estimate of drug-likeness (QED) is 0.774. The minimum absolute atomic E-state index is 0.226. The average Bonchev–Trinajstić information content (AvgIpc) is 2.67. The lowest BCUT2D eigenvalue weighted by Gasteiger charge is -2.19. The topological polar surface area (TPSA) is 20.3 Å². The van der Waals surface area contributed by atoms with Crippen LogP contribution in [0.3, 0.4) is 0 Å². The van der Waals surface area contributed by atoms with E-state index in [1.54, 1.807) is 0 Å². The fourth-order valence-electron chi connectivity index (χ4n) is 2.58. The van der Waals surface area contributed by atoms with E-state index in [0.717, 1.165) is 35.8 Å². The zero-order valence-corrected chi connectivity index (χ0v) is 12.4. The van der Waals surface area contributed by atoms with Gasteiger partial charge in [-0.2, -0.15) is 0 Å². The van der Waals surface area contributed by atoms with Crippen molar-refractivity contribution in [2.24, 2.45) is 0 Å². The number of carbonyl (C=O) groups excluding carboxylic acids is 1. The summed E-state index contributed by atoms with van der Waals surface area (Å²) in [4.78, 5) is 14.6. The number of hydrogen-bond donors (Lipinski definition) is 0. The Balaban J connectivity index is 1.87. The van der Waals surface area contributed by atoms with Crippen LogP contribution < -0.4 is 0 Å². The predicted octanol–water partition coefficient (Wildman–Crippen LogP) is 4.10. The summed E-state index contributed by atoms with van der Waals surface area (Å²) >= 11 is 5.98. The summed E-state index contributed by atoms with van der Waals surface area (Å²) in [6.45, 7) is 5.12. The van der Waals surface area contributed by atoms with Gasteiger partial charge in [-0.3, -0.25) is 4.79 Å². The van der Waals surface area contributed by atoms with Gasteiger partial charge in [0, 0.05) is 23.6 Å². The number of benzene rings is 1. The molecule has 0 N–H and O–H groups in total. The van der Waals surface area contributed by atoms with Gasteiger partial charge < -0.3 is 4.90 Å². The third-order valence-electron chi connectivity index (χ3n) is 3.83. The molecular formula is C16H22ClNO. The van der Waals surface area contributed by atoms with Gasteiger partial charge in [0.05, 0.1) is 0 Å². The van der Waals surface area contributed by atoms with E-state index in [1.807, 2.05) is 25.1 Å². The summed E-state index contributed by atoms with van der Waals surface area (Å²) in [5.41, 5.74) is 1.76. The Kier molecular flexibility index (Phi) is 5.41. The number of Topliss-reactive ketones (excluding diaryl/α,β-unsaturated/α-hetero) is 1. The van der Waals surface area contributed by atoms with Crippen molar-refractivity contribution in [1.29, 1.82) is 0 Å². The van der Waals surface area contributed by atoms with Crippen molar-refractivity contribution >= 4 is 17.4 Å². The molecule has 1 aliphatic heterocycles. The second-order valence-corrected chi connectivity index (χ2v) is 5.80. The van der Waals surface area contributed by atoms with E-state index < -0.39 is 0 Å². The van der Waals surface area contributed by atoms with Crippen LogP contribution in [0.5, 0.6) is 0 Å². The van der Waals surface area contributed by atoms with Crippen LogP contribution in [0, 0.1) is 6.92 Å². The van der Waals surface area contributed by atoms with Crippen molar-refractivity contribution in [2.45, 2.75) is 39.0 Å². The number of aryl methyl sites for hydroxylation is 1. The summed E-state index contributed by atoms with van der Waals surface area (Å²) < 4.78 is 0. The summed E-state index contributed by atoms with van der Waals surface area (Å²) in [6.07, 6.45) is 5.82. The lowest BCUT2D eigenvalue weighted by atomic mass is 10.1. The minimum atomic E-state index is 0.226. The molecule has 1 heterocycles. The third kappa shape index (κ3) is 4.32. The highest BCUT2D eigenvalue weighted by Gasteiger charge is 2.12. The normalized spacial score (nSPS) is 17.2. The zero-order valence-electron chi connectivity index (χ0n) is 11.6. The molecule has 19 heavy (non-hydrogen) atoms. The molecule has 0 amide bonds. The van der Waals surface area contributed by atoms with E-state index in [-0.39, 0.29) is 5.78 Å². The predicted molar refractivity (Wildman–Crippen MR) is 80.0 cm³/mol. The van der Waals surface area contributed by atoms with Crippen molar-refractivity contribution in [2.75, 3.05) is 19.6 Å². The Morgan fingerprint density at radius 1 is 1.21 bits per heavy atom. The van der Waals surface area contributed by atoms with Gasteiger partial charge >= 0.3 is 0 Å². The Morgan fingerprint density at radius 2 is 1.89 bits per heavy atom. The molecule has 1 saturated heterocycles. The van der Waals surface area contributed by atoms with Gasteiger partial charge in [0.2, 0.25) is 0 Å². The molecule has 3 heteroatoms. The number of hydrogen-bond acceptors (Lipinski definition) is 2. The highest BCUT2D eigenvalue weighted by Crippen LogP contribution is 2.17. The molecule has 1 aromatic carbocycles. The van der Waals surface area contributed by atoms with Crippen LogP contribution in [0.1, 0.15) is 48.0 Å². The van der Waals surface area contributed by atoms with Crippen LogP contribution >= 0.6 is 11.6 Å². The Morgan fingerprint density at radius 3 is 2.53 bits per heavy atom. The minimum Gasteiger partial charge on any atom is -0.303 e. The van der Waals surface area contributed by atoms with Gasteiger partial charge in [-0.05, 0) is 56.6 Å². The van der Waals surface area contributed by atoms with E-state index in [4.69, 9.17) is 11.6 Å². The van der Waals surface area contributed by atoms with Crippen molar-refractivity contribution in [1.82, 2.24) is 4.90 Å². The first-order valence-corrected chi connectivity index (χ1v) is 7.56. The highest BCUT2D eigenvalue weighted by molar-refractivity contribution is 6.31. The molecule has 1 aliphatic rings. The van der Waals surface area contributed by atoms with Gasteiger partial charge in [0.15, 0.2) is 5.78 Å². The molecule has 2 rings (SSSR count). The molecule has 0 aromatic heterocycles. The number of nitrogens with zero attached hydrogens (tertiary/aromatic N) is 1. The standard InChI is InChI=1S/C16H22ClNO/c1-13-12-14(6-7-15(13)17)16(19)8-11-18-9-4-2-3-5-10-18/h6-7,12H,2-5,8-11H2,1H3. The SMILES string of the molecule is Cc1cc(C(=O)CCN2CCCCCC2)ccc1Cl. The second kappa shape index (κ2) is 7.06. The Bertz CT molecular complexity index is 436. The number of rotatable bonds is 4. The molecule has 0 atom stereocenters. The molecule has 0 aliphatic carbocycles. The number of likely N-dealkylation sites (tertiary alicyclic amines) is 1. The Hall–Kier alpha value is -0.860. The molecule has 1 fully saturated rings. The van der Waals surface area contributed by atoms with Crippen molar-refractivity contribution in [3.63, 3.8) is 0 Å². The van der Waals surface area contributed by atoms with E-state index in [1.165, 1.54) is 25.7 Å². The molecule has 0 bridgehead atoms. The fourth-order valence-corrected chi connectivity index (χ4v) is 2.70. The largest absolute Gasteiger partial charge is 0.303 e. The van der Waals surface area contributed by atoms with Gasteiger partial charge in [0.25, 0.3) is 0 Å². The fraction of sp³-hybridized carbons (Fsp3) is 0.562. The molecule has 0 spiro atoms. The van der Waals surface area contributed by atoms with E-state index >= 15 is 0 Å². The van der Waals surface area contributed by atoms with Gasteiger partial charge in [-0.1, -0.05) is 24.4 Å². The van der Waals surface area contributed by atoms with Crippen LogP contribution in [-0.2, 0) is 0 Å². The van der Waals surface area contributed by atoms with E-state index in [9.17, 15) is 4.79 Å². The maximum absolute atomic E-state index is 12.2. The second-order valence-electron chi connectivity index (χ2n) is 5.39. The molecule has 104 valence electrons. The molecule has 0 radical (unpaired) electrons. The van der Waals surface area contributed by atoms with Crippen LogP contribution in [0.25, 0.3) is 0 Å². The average molecular weight is 280 g/mol. The van der Waals surface area contributed by atoms with Crippen molar-refractivity contribution in [3.05, 3.63) is 34.3 Å². The number of ketones is 1. The zero-order chi connectivity index (χ0) is 13.7. The summed E-state index contributed by atoms with van der Waals surface area (Å²) in [6, 6.07) is 5.54.